The number of carbonyl (C=O) groups excluding carboxylic acids is 3. The standard InChI is InChI=1S/C20H30N2O4/c1-22(2)18(23)13-8-6-4-5-7-10-16-11-9-12-17(14-16)20(25)21-15-19(24)26-3/h9,11-12,14H,4-8,10,13,15H2,1-3H3,(H,21,25). The van der Waals surface area contributed by atoms with E-state index in [0.29, 0.717) is 12.0 Å². The Hall–Kier alpha value is -2.37. The van der Waals surface area contributed by atoms with Crippen molar-refractivity contribution in [3.63, 3.8) is 0 Å². The van der Waals surface area contributed by atoms with Crippen LogP contribution in [-0.2, 0) is 20.7 Å². The summed E-state index contributed by atoms with van der Waals surface area (Å²) in [4.78, 5) is 36.2. The number of ether oxygens (including phenoxy) is 1. The number of nitrogens with one attached hydrogen (secondary N) is 1. The Morgan fingerprint density at radius 1 is 1.04 bits per heavy atom. The molecule has 1 N–H and O–H groups in total. The van der Waals surface area contributed by atoms with E-state index < -0.39 is 5.97 Å². The Morgan fingerprint density at radius 3 is 2.42 bits per heavy atom. The van der Waals surface area contributed by atoms with Gasteiger partial charge in [-0.2, -0.15) is 0 Å². The number of rotatable bonds is 11. The van der Waals surface area contributed by atoms with Crippen LogP contribution in [0.4, 0.5) is 0 Å². The van der Waals surface area contributed by atoms with Gasteiger partial charge in [-0.25, -0.2) is 0 Å². The molecule has 0 saturated carbocycles. The predicted molar refractivity (Wildman–Crippen MR) is 101 cm³/mol. The average Bonchev–Trinajstić information content (AvgIpc) is 2.64. The number of unbranched alkanes of at least 4 members (excludes halogenated alkanes) is 4. The van der Waals surface area contributed by atoms with Gasteiger partial charge < -0.3 is 15.0 Å². The molecule has 1 aromatic rings. The Bertz CT molecular complexity index is 599. The van der Waals surface area contributed by atoms with Crippen LogP contribution in [0.25, 0.3) is 0 Å². The molecule has 2 amide bonds. The minimum Gasteiger partial charge on any atom is -0.468 e. The average molecular weight is 362 g/mol. The van der Waals surface area contributed by atoms with E-state index in [1.807, 2.05) is 18.2 Å². The second kappa shape index (κ2) is 12.1. The van der Waals surface area contributed by atoms with E-state index in [1.54, 1.807) is 25.1 Å². The van der Waals surface area contributed by atoms with E-state index in [2.05, 4.69) is 10.1 Å². The maximum absolute atomic E-state index is 12.0. The van der Waals surface area contributed by atoms with Crippen molar-refractivity contribution < 1.29 is 19.1 Å². The molecule has 0 aromatic heterocycles. The highest BCUT2D eigenvalue weighted by Crippen LogP contribution is 2.12. The molecule has 0 saturated heterocycles. The third kappa shape index (κ3) is 8.65. The van der Waals surface area contributed by atoms with E-state index in [-0.39, 0.29) is 18.4 Å². The molecule has 0 heterocycles. The number of hydrogen-bond donors (Lipinski definition) is 1. The van der Waals surface area contributed by atoms with Crippen LogP contribution in [-0.4, -0.2) is 50.4 Å². The number of benzene rings is 1. The molecule has 1 rings (SSSR count). The van der Waals surface area contributed by atoms with Gasteiger partial charge in [-0.05, 0) is 37.0 Å². The van der Waals surface area contributed by atoms with Crippen molar-refractivity contribution in [1.29, 1.82) is 0 Å². The summed E-state index contributed by atoms with van der Waals surface area (Å²) in [6.07, 6.45) is 6.80. The summed E-state index contributed by atoms with van der Waals surface area (Å²) < 4.78 is 4.50. The van der Waals surface area contributed by atoms with Gasteiger partial charge in [0.2, 0.25) is 5.91 Å². The van der Waals surface area contributed by atoms with Gasteiger partial charge in [0.25, 0.3) is 5.91 Å². The molecule has 0 radical (unpaired) electrons. The van der Waals surface area contributed by atoms with Crippen LogP contribution < -0.4 is 5.32 Å². The third-order valence-electron chi connectivity index (χ3n) is 4.17. The summed E-state index contributed by atoms with van der Waals surface area (Å²) in [5.74, 6) is -0.558. The summed E-state index contributed by atoms with van der Waals surface area (Å²) in [5, 5.41) is 2.54. The first kappa shape index (κ1) is 21.7. The molecule has 0 aliphatic carbocycles. The van der Waals surface area contributed by atoms with Crippen molar-refractivity contribution in [3.05, 3.63) is 35.4 Å². The molecule has 0 bridgehead atoms. The SMILES string of the molecule is COC(=O)CNC(=O)c1cccc(CCCCCCCC(=O)N(C)C)c1. The maximum atomic E-state index is 12.0. The minimum absolute atomic E-state index is 0.129. The van der Waals surface area contributed by atoms with Gasteiger partial charge >= 0.3 is 5.97 Å². The molecular weight excluding hydrogens is 332 g/mol. The lowest BCUT2D eigenvalue weighted by Gasteiger charge is -2.09. The van der Waals surface area contributed by atoms with Crippen molar-refractivity contribution in [3.8, 4) is 0 Å². The van der Waals surface area contributed by atoms with Crippen LogP contribution in [0.15, 0.2) is 24.3 Å². The lowest BCUT2D eigenvalue weighted by Crippen LogP contribution is -2.30. The fourth-order valence-electron chi connectivity index (χ4n) is 2.55. The minimum atomic E-state index is -0.471. The first-order valence-corrected chi connectivity index (χ1v) is 9.08. The molecule has 26 heavy (non-hydrogen) atoms. The van der Waals surface area contributed by atoms with E-state index in [9.17, 15) is 14.4 Å². The Kier molecular flexibility index (Phi) is 10.1. The molecule has 0 fully saturated rings. The lowest BCUT2D eigenvalue weighted by atomic mass is 10.0. The fraction of sp³-hybridized carbons (Fsp3) is 0.550. The van der Waals surface area contributed by atoms with Gasteiger partial charge in [-0.15, -0.1) is 0 Å². The van der Waals surface area contributed by atoms with E-state index in [0.717, 1.165) is 44.1 Å². The number of nitrogens with zero attached hydrogens (tertiary/aromatic N) is 1. The topological polar surface area (TPSA) is 75.7 Å². The van der Waals surface area contributed by atoms with Gasteiger partial charge in [0.1, 0.15) is 6.54 Å². The van der Waals surface area contributed by atoms with Crippen LogP contribution in [0.3, 0.4) is 0 Å². The zero-order valence-electron chi connectivity index (χ0n) is 16.0. The van der Waals surface area contributed by atoms with E-state index >= 15 is 0 Å². The number of esters is 1. The van der Waals surface area contributed by atoms with Crippen molar-refractivity contribution in [2.75, 3.05) is 27.7 Å². The fourth-order valence-corrected chi connectivity index (χ4v) is 2.55. The van der Waals surface area contributed by atoms with Crippen molar-refractivity contribution in [2.45, 2.75) is 44.9 Å². The number of amides is 2. The largest absolute Gasteiger partial charge is 0.468 e. The van der Waals surface area contributed by atoms with Gasteiger partial charge in [-0.3, -0.25) is 14.4 Å². The van der Waals surface area contributed by atoms with Crippen molar-refractivity contribution in [2.24, 2.45) is 0 Å². The predicted octanol–water partition coefficient (Wildman–Crippen LogP) is 2.56. The second-order valence-corrected chi connectivity index (χ2v) is 6.52. The first-order chi connectivity index (χ1) is 12.4. The molecular formula is C20H30N2O4. The Labute approximate surface area is 155 Å². The summed E-state index contributed by atoms with van der Waals surface area (Å²) in [5.41, 5.74) is 1.66. The molecule has 144 valence electrons. The zero-order chi connectivity index (χ0) is 19.4. The second-order valence-electron chi connectivity index (χ2n) is 6.52. The Morgan fingerprint density at radius 2 is 1.73 bits per heavy atom. The summed E-state index contributed by atoms with van der Waals surface area (Å²) in [7, 11) is 4.85. The first-order valence-electron chi connectivity index (χ1n) is 9.08. The number of hydrogen-bond acceptors (Lipinski definition) is 4. The van der Waals surface area contributed by atoms with Crippen LogP contribution in [0.2, 0.25) is 0 Å². The number of aryl methyl sites for hydroxylation is 1. The van der Waals surface area contributed by atoms with Gasteiger partial charge in [0, 0.05) is 26.1 Å². The summed E-state index contributed by atoms with van der Waals surface area (Å²) in [6.45, 7) is -0.129. The van der Waals surface area contributed by atoms with Crippen molar-refractivity contribution >= 4 is 17.8 Å². The highest BCUT2D eigenvalue weighted by molar-refractivity contribution is 5.96. The highest BCUT2D eigenvalue weighted by Gasteiger charge is 2.08. The van der Waals surface area contributed by atoms with Gasteiger partial charge in [0.05, 0.1) is 7.11 Å². The number of carbonyl (C=O) groups is 3. The van der Waals surface area contributed by atoms with Gasteiger partial charge in [-0.1, -0.05) is 31.4 Å². The van der Waals surface area contributed by atoms with E-state index in [1.165, 1.54) is 7.11 Å². The third-order valence-corrected chi connectivity index (χ3v) is 4.17. The normalized spacial score (nSPS) is 10.3. The quantitative estimate of drug-likeness (QED) is 0.485. The Balaban J connectivity index is 2.26. The number of methoxy groups -OCH3 is 1. The smallest absolute Gasteiger partial charge is 0.325 e. The maximum Gasteiger partial charge on any atom is 0.325 e. The molecule has 0 aliphatic rings. The molecule has 6 nitrogen and oxygen atoms in total. The van der Waals surface area contributed by atoms with Gasteiger partial charge in [0.15, 0.2) is 0 Å². The van der Waals surface area contributed by atoms with E-state index in [4.69, 9.17) is 0 Å². The molecule has 0 atom stereocenters. The molecule has 6 heteroatoms. The molecule has 0 spiro atoms. The van der Waals surface area contributed by atoms with Crippen molar-refractivity contribution in [1.82, 2.24) is 10.2 Å². The van der Waals surface area contributed by atoms with Crippen LogP contribution in [0.5, 0.6) is 0 Å². The summed E-state index contributed by atoms with van der Waals surface area (Å²) in [6, 6.07) is 7.46. The zero-order valence-corrected chi connectivity index (χ0v) is 16.0. The monoisotopic (exact) mass is 362 g/mol. The summed E-state index contributed by atoms with van der Waals surface area (Å²) >= 11 is 0. The molecule has 0 unspecified atom stereocenters. The lowest BCUT2D eigenvalue weighted by molar-refractivity contribution is -0.139. The van der Waals surface area contributed by atoms with Crippen LogP contribution in [0, 0.1) is 0 Å². The molecule has 1 aromatic carbocycles. The van der Waals surface area contributed by atoms with Crippen LogP contribution in [0.1, 0.15) is 54.4 Å². The molecule has 0 aliphatic heterocycles. The van der Waals surface area contributed by atoms with Crippen LogP contribution >= 0.6 is 0 Å². The highest BCUT2D eigenvalue weighted by atomic mass is 16.5.